The van der Waals surface area contributed by atoms with Crippen molar-refractivity contribution in [2.24, 2.45) is 0 Å². The Hall–Kier alpha value is -0.160. The molecule has 1 fully saturated rings. The first-order valence-corrected chi connectivity index (χ1v) is 5.57. The van der Waals surface area contributed by atoms with Crippen LogP contribution >= 0.6 is 0 Å². The molecule has 1 aliphatic heterocycles. The highest BCUT2D eigenvalue weighted by Crippen LogP contribution is 2.32. The molecule has 1 aliphatic rings. The van der Waals surface area contributed by atoms with Crippen molar-refractivity contribution in [2.45, 2.75) is 51.3 Å². The Bertz CT molecular complexity index is 196. The Labute approximate surface area is 92.3 Å². The number of ether oxygens (including phenoxy) is 3. The molecule has 0 aliphatic carbocycles. The van der Waals surface area contributed by atoms with E-state index in [-0.39, 0.29) is 18.3 Å². The van der Waals surface area contributed by atoms with Gasteiger partial charge in [0.1, 0.15) is 6.10 Å². The van der Waals surface area contributed by atoms with E-state index < -0.39 is 5.79 Å². The normalized spacial score (nSPS) is 31.8. The van der Waals surface area contributed by atoms with Gasteiger partial charge in [0.05, 0.1) is 12.2 Å². The predicted octanol–water partition coefficient (Wildman–Crippen LogP) is 1.15. The molecule has 0 saturated carbocycles. The third-order valence-corrected chi connectivity index (χ3v) is 2.70. The Balaban J connectivity index is 2.65. The zero-order valence-corrected chi connectivity index (χ0v) is 10.4. The van der Waals surface area contributed by atoms with Crippen LogP contribution in [0.25, 0.3) is 0 Å². The highest BCUT2D eigenvalue weighted by molar-refractivity contribution is 4.87. The van der Waals surface area contributed by atoms with Crippen LogP contribution in [0.2, 0.25) is 0 Å². The number of methoxy groups -OCH3 is 1. The summed E-state index contributed by atoms with van der Waals surface area (Å²) in [5.74, 6) is -0.490. The summed E-state index contributed by atoms with van der Waals surface area (Å²) in [6.07, 6.45) is 1.12. The van der Waals surface area contributed by atoms with Crippen LogP contribution in [0.3, 0.4) is 0 Å². The first kappa shape index (κ1) is 12.9. The van der Waals surface area contributed by atoms with Crippen LogP contribution in [0.15, 0.2) is 0 Å². The Morgan fingerprint density at radius 3 is 2.53 bits per heavy atom. The predicted molar refractivity (Wildman–Crippen MR) is 58.8 cm³/mol. The number of hydrogen-bond acceptors (Lipinski definition) is 4. The lowest BCUT2D eigenvalue weighted by Gasteiger charge is -2.24. The molecule has 0 aromatic heterocycles. The van der Waals surface area contributed by atoms with Gasteiger partial charge in [0.2, 0.25) is 0 Å². The van der Waals surface area contributed by atoms with Crippen molar-refractivity contribution in [3.63, 3.8) is 0 Å². The lowest BCUT2D eigenvalue weighted by atomic mass is 10.1. The second-order valence-corrected chi connectivity index (χ2v) is 4.38. The van der Waals surface area contributed by atoms with Crippen molar-refractivity contribution in [1.29, 1.82) is 0 Å². The number of hydrogen-bond donors (Lipinski definition) is 1. The Morgan fingerprint density at radius 2 is 2.07 bits per heavy atom. The molecule has 3 unspecified atom stereocenters. The first-order valence-electron chi connectivity index (χ1n) is 5.57. The van der Waals surface area contributed by atoms with Crippen LogP contribution < -0.4 is 5.32 Å². The summed E-state index contributed by atoms with van der Waals surface area (Å²) in [5, 5.41) is 3.11. The molecule has 4 heteroatoms. The minimum atomic E-state index is -0.490. The third-order valence-electron chi connectivity index (χ3n) is 2.70. The van der Waals surface area contributed by atoms with Gasteiger partial charge in [-0.05, 0) is 27.3 Å². The zero-order valence-electron chi connectivity index (χ0n) is 10.4. The summed E-state index contributed by atoms with van der Waals surface area (Å²) < 4.78 is 17.1. The van der Waals surface area contributed by atoms with Gasteiger partial charge in [-0.15, -0.1) is 0 Å². The molecule has 0 amide bonds. The van der Waals surface area contributed by atoms with Gasteiger partial charge in [0.15, 0.2) is 5.79 Å². The Kier molecular flexibility index (Phi) is 4.52. The first-order chi connectivity index (χ1) is 7.04. The van der Waals surface area contributed by atoms with Crippen molar-refractivity contribution in [3.05, 3.63) is 0 Å². The standard InChI is InChI=1S/C11H23NO3/c1-6-8-10(9(13-5)7-12-4)15-11(2,3)14-8/h8-10,12H,6-7H2,1-5H3. The second kappa shape index (κ2) is 5.25. The molecule has 0 aromatic rings. The fraction of sp³-hybridized carbons (Fsp3) is 1.00. The zero-order chi connectivity index (χ0) is 11.5. The minimum absolute atomic E-state index is 0.0162. The van der Waals surface area contributed by atoms with Gasteiger partial charge in [-0.1, -0.05) is 6.92 Å². The van der Waals surface area contributed by atoms with E-state index in [0.717, 1.165) is 13.0 Å². The summed E-state index contributed by atoms with van der Waals surface area (Å²) in [6.45, 7) is 6.77. The van der Waals surface area contributed by atoms with Crippen LogP contribution in [0.5, 0.6) is 0 Å². The summed E-state index contributed by atoms with van der Waals surface area (Å²) in [4.78, 5) is 0. The quantitative estimate of drug-likeness (QED) is 0.750. The fourth-order valence-corrected chi connectivity index (χ4v) is 2.03. The maximum atomic E-state index is 5.87. The molecule has 1 saturated heterocycles. The minimum Gasteiger partial charge on any atom is -0.377 e. The topological polar surface area (TPSA) is 39.7 Å². The van der Waals surface area contributed by atoms with Crippen molar-refractivity contribution in [2.75, 3.05) is 20.7 Å². The van der Waals surface area contributed by atoms with Crippen molar-refractivity contribution in [3.8, 4) is 0 Å². The molecule has 3 atom stereocenters. The van der Waals surface area contributed by atoms with Crippen LogP contribution in [0.1, 0.15) is 27.2 Å². The summed E-state index contributed by atoms with van der Waals surface area (Å²) in [5.41, 5.74) is 0. The molecule has 1 rings (SSSR count). The average molecular weight is 217 g/mol. The van der Waals surface area contributed by atoms with E-state index in [9.17, 15) is 0 Å². The molecule has 90 valence electrons. The Morgan fingerprint density at radius 1 is 1.40 bits per heavy atom. The van der Waals surface area contributed by atoms with Gasteiger partial charge >= 0.3 is 0 Å². The van der Waals surface area contributed by atoms with Gasteiger partial charge in [-0.2, -0.15) is 0 Å². The van der Waals surface area contributed by atoms with E-state index in [1.54, 1.807) is 7.11 Å². The summed E-state index contributed by atoms with van der Waals surface area (Å²) >= 11 is 0. The maximum absolute atomic E-state index is 5.87. The van der Waals surface area contributed by atoms with E-state index in [0.29, 0.717) is 0 Å². The smallest absolute Gasteiger partial charge is 0.163 e. The van der Waals surface area contributed by atoms with Crippen molar-refractivity contribution >= 4 is 0 Å². The molecule has 0 spiro atoms. The molecule has 0 aromatic carbocycles. The van der Waals surface area contributed by atoms with Gasteiger partial charge < -0.3 is 19.5 Å². The highest BCUT2D eigenvalue weighted by Gasteiger charge is 2.44. The average Bonchev–Trinajstić information content (AvgIpc) is 2.50. The second-order valence-electron chi connectivity index (χ2n) is 4.38. The monoisotopic (exact) mass is 217 g/mol. The molecule has 1 N–H and O–H groups in total. The third kappa shape index (κ3) is 3.14. The molecular formula is C11H23NO3. The molecule has 0 radical (unpaired) electrons. The molecular weight excluding hydrogens is 194 g/mol. The maximum Gasteiger partial charge on any atom is 0.163 e. The van der Waals surface area contributed by atoms with Crippen LogP contribution in [-0.2, 0) is 14.2 Å². The van der Waals surface area contributed by atoms with E-state index in [1.807, 2.05) is 20.9 Å². The lowest BCUT2D eigenvalue weighted by Crippen LogP contribution is -2.42. The van der Waals surface area contributed by atoms with Gasteiger partial charge in [-0.3, -0.25) is 0 Å². The van der Waals surface area contributed by atoms with Crippen LogP contribution in [0, 0.1) is 0 Å². The van der Waals surface area contributed by atoms with Crippen LogP contribution in [0.4, 0.5) is 0 Å². The number of nitrogens with one attached hydrogen (secondary N) is 1. The van der Waals surface area contributed by atoms with Gasteiger partial charge in [0.25, 0.3) is 0 Å². The molecule has 1 heterocycles. The molecule has 4 nitrogen and oxygen atoms in total. The van der Waals surface area contributed by atoms with E-state index in [1.165, 1.54) is 0 Å². The SMILES string of the molecule is CCC1OC(C)(C)OC1C(CNC)OC. The largest absolute Gasteiger partial charge is 0.377 e. The van der Waals surface area contributed by atoms with Crippen molar-refractivity contribution in [1.82, 2.24) is 5.32 Å². The highest BCUT2D eigenvalue weighted by atomic mass is 16.8. The van der Waals surface area contributed by atoms with Gasteiger partial charge in [-0.25, -0.2) is 0 Å². The number of rotatable bonds is 5. The summed E-state index contributed by atoms with van der Waals surface area (Å²) in [6, 6.07) is 0. The lowest BCUT2D eigenvalue weighted by molar-refractivity contribution is -0.156. The molecule has 15 heavy (non-hydrogen) atoms. The number of likely N-dealkylation sites (N-methyl/N-ethyl adjacent to an activating group) is 1. The molecule has 0 bridgehead atoms. The van der Waals surface area contributed by atoms with E-state index in [4.69, 9.17) is 14.2 Å². The fourth-order valence-electron chi connectivity index (χ4n) is 2.03. The summed E-state index contributed by atoms with van der Waals surface area (Å²) in [7, 11) is 3.62. The van der Waals surface area contributed by atoms with Gasteiger partial charge in [0, 0.05) is 13.7 Å². The van der Waals surface area contributed by atoms with E-state index >= 15 is 0 Å². The van der Waals surface area contributed by atoms with Crippen LogP contribution in [-0.4, -0.2) is 44.8 Å². The van der Waals surface area contributed by atoms with E-state index in [2.05, 4.69) is 12.2 Å². The van der Waals surface area contributed by atoms with Crippen molar-refractivity contribution < 1.29 is 14.2 Å².